The largest absolute Gasteiger partial charge is 0.437 e. The Labute approximate surface area is 92.7 Å². The molecule has 1 aromatic carbocycles. The lowest BCUT2D eigenvalue weighted by molar-refractivity contribution is 0.467. The summed E-state index contributed by atoms with van der Waals surface area (Å²) in [7, 11) is 0. The van der Waals surface area contributed by atoms with E-state index in [1.165, 1.54) is 0 Å². The number of fused-ring (bicyclic) bond motifs is 1. The highest BCUT2D eigenvalue weighted by Crippen LogP contribution is 2.27. The van der Waals surface area contributed by atoms with Crippen LogP contribution in [0.4, 0.5) is 0 Å². The number of para-hydroxylation sites is 1. The Bertz CT molecular complexity index is 601. The van der Waals surface area contributed by atoms with Crippen LogP contribution in [0, 0.1) is 0 Å². The zero-order valence-electron chi connectivity index (χ0n) is 8.55. The Hall–Kier alpha value is -2.29. The molecule has 2 aromatic heterocycles. The fourth-order valence-electron chi connectivity index (χ4n) is 1.66. The van der Waals surface area contributed by atoms with E-state index < -0.39 is 0 Å². The number of H-pyrrole nitrogens is 1. The smallest absolute Gasteiger partial charge is 0.219 e. The van der Waals surface area contributed by atoms with Gasteiger partial charge in [-0.05, 0) is 18.2 Å². The lowest BCUT2D eigenvalue weighted by Crippen LogP contribution is -1.87. The van der Waals surface area contributed by atoms with Gasteiger partial charge in [0.05, 0.1) is 5.52 Å². The van der Waals surface area contributed by atoms with Crippen LogP contribution < -0.4 is 4.74 Å². The van der Waals surface area contributed by atoms with Crippen LogP contribution in [0.1, 0.15) is 0 Å². The number of benzene rings is 1. The average molecular weight is 210 g/mol. The first-order valence-electron chi connectivity index (χ1n) is 5.08. The second-order valence-corrected chi connectivity index (χ2v) is 3.47. The molecule has 3 rings (SSSR count). The maximum atomic E-state index is 5.71. The lowest BCUT2D eigenvalue weighted by Gasteiger charge is -2.04. The Kier molecular flexibility index (Phi) is 2.07. The van der Waals surface area contributed by atoms with E-state index in [4.69, 9.17) is 4.74 Å². The molecule has 0 atom stereocenters. The molecule has 0 saturated carbocycles. The zero-order chi connectivity index (χ0) is 10.8. The molecule has 16 heavy (non-hydrogen) atoms. The third-order valence-corrected chi connectivity index (χ3v) is 2.40. The van der Waals surface area contributed by atoms with Crippen molar-refractivity contribution in [1.82, 2.24) is 9.97 Å². The molecule has 2 heterocycles. The summed E-state index contributed by atoms with van der Waals surface area (Å²) < 4.78 is 5.71. The first-order valence-corrected chi connectivity index (χ1v) is 5.08. The minimum Gasteiger partial charge on any atom is -0.437 e. The van der Waals surface area contributed by atoms with Crippen molar-refractivity contribution < 1.29 is 4.74 Å². The number of rotatable bonds is 2. The molecule has 0 saturated heterocycles. The Balaban J connectivity index is 2.04. The quantitative estimate of drug-likeness (QED) is 0.704. The van der Waals surface area contributed by atoms with Gasteiger partial charge in [0.15, 0.2) is 5.75 Å². The number of nitrogens with one attached hydrogen (secondary N) is 1. The van der Waals surface area contributed by atoms with E-state index in [-0.39, 0.29) is 0 Å². The van der Waals surface area contributed by atoms with Crippen molar-refractivity contribution in [2.45, 2.75) is 0 Å². The highest BCUT2D eigenvalue weighted by Gasteiger charge is 2.03. The van der Waals surface area contributed by atoms with Gasteiger partial charge in [-0.3, -0.25) is 0 Å². The van der Waals surface area contributed by atoms with Crippen LogP contribution in [0.25, 0.3) is 10.9 Å². The fraction of sp³-hybridized carbons (Fsp3) is 0. The number of pyridine rings is 1. The number of aromatic nitrogens is 2. The van der Waals surface area contributed by atoms with E-state index in [9.17, 15) is 0 Å². The lowest BCUT2D eigenvalue weighted by atomic mass is 10.2. The number of hydrogen-bond acceptors (Lipinski definition) is 2. The van der Waals surface area contributed by atoms with E-state index in [1.807, 2.05) is 48.7 Å². The molecule has 0 bridgehead atoms. The predicted octanol–water partition coefficient (Wildman–Crippen LogP) is 3.36. The molecule has 0 fully saturated rings. The number of aromatic amines is 1. The molecule has 3 aromatic rings. The van der Waals surface area contributed by atoms with Crippen molar-refractivity contribution in [3.05, 3.63) is 54.9 Å². The van der Waals surface area contributed by atoms with Crippen LogP contribution in [-0.2, 0) is 0 Å². The highest BCUT2D eigenvalue weighted by atomic mass is 16.5. The van der Waals surface area contributed by atoms with Crippen LogP contribution in [0.3, 0.4) is 0 Å². The van der Waals surface area contributed by atoms with Gasteiger partial charge in [0.25, 0.3) is 0 Å². The van der Waals surface area contributed by atoms with Crippen LogP contribution in [-0.4, -0.2) is 9.97 Å². The molecule has 1 N–H and O–H groups in total. The third kappa shape index (κ3) is 1.52. The van der Waals surface area contributed by atoms with Gasteiger partial charge >= 0.3 is 0 Å². The van der Waals surface area contributed by atoms with E-state index in [0.717, 1.165) is 16.7 Å². The molecule has 0 unspecified atom stereocenters. The van der Waals surface area contributed by atoms with Crippen molar-refractivity contribution in [1.29, 1.82) is 0 Å². The summed E-state index contributed by atoms with van der Waals surface area (Å²) in [5.41, 5.74) is 0.994. The van der Waals surface area contributed by atoms with E-state index in [1.54, 1.807) is 6.20 Å². The first kappa shape index (κ1) is 8.97. The van der Waals surface area contributed by atoms with Crippen LogP contribution >= 0.6 is 0 Å². The fourth-order valence-corrected chi connectivity index (χ4v) is 1.66. The molecule has 0 spiro atoms. The highest BCUT2D eigenvalue weighted by molar-refractivity contribution is 5.85. The van der Waals surface area contributed by atoms with E-state index in [0.29, 0.717) is 5.88 Å². The Morgan fingerprint density at radius 1 is 1.00 bits per heavy atom. The first-order chi connectivity index (χ1) is 7.93. The maximum Gasteiger partial charge on any atom is 0.219 e. The monoisotopic (exact) mass is 210 g/mol. The Morgan fingerprint density at radius 2 is 2.00 bits per heavy atom. The van der Waals surface area contributed by atoms with Gasteiger partial charge in [-0.2, -0.15) is 0 Å². The molecule has 0 aliphatic carbocycles. The minimum atomic E-state index is 0.601. The van der Waals surface area contributed by atoms with Gasteiger partial charge in [-0.25, -0.2) is 4.98 Å². The van der Waals surface area contributed by atoms with Crippen molar-refractivity contribution in [2.75, 3.05) is 0 Å². The van der Waals surface area contributed by atoms with Gasteiger partial charge < -0.3 is 9.72 Å². The second kappa shape index (κ2) is 3.70. The number of nitrogens with zero attached hydrogens (tertiary/aromatic N) is 1. The van der Waals surface area contributed by atoms with Gasteiger partial charge in [0, 0.05) is 23.8 Å². The maximum absolute atomic E-state index is 5.71. The topological polar surface area (TPSA) is 37.9 Å². The number of hydrogen-bond donors (Lipinski definition) is 1. The summed E-state index contributed by atoms with van der Waals surface area (Å²) in [5, 5.41) is 1.13. The normalized spacial score (nSPS) is 10.5. The standard InChI is InChI=1S/C13H10N2O/c1-2-8-14-12(6-1)16-11-5-3-4-10-7-9-15-13(10)11/h1-9,15H. The van der Waals surface area contributed by atoms with Crippen molar-refractivity contribution >= 4 is 10.9 Å². The average Bonchev–Trinajstić information content (AvgIpc) is 2.80. The molecule has 0 aliphatic rings. The van der Waals surface area contributed by atoms with Gasteiger partial charge in [0.1, 0.15) is 0 Å². The predicted molar refractivity (Wildman–Crippen MR) is 62.6 cm³/mol. The van der Waals surface area contributed by atoms with Crippen molar-refractivity contribution in [2.24, 2.45) is 0 Å². The summed E-state index contributed by atoms with van der Waals surface area (Å²) in [6.07, 6.45) is 3.61. The SMILES string of the molecule is c1ccc(Oc2cccc3cc[nH]c23)nc1. The molecule has 0 amide bonds. The van der Waals surface area contributed by atoms with Crippen LogP contribution in [0.15, 0.2) is 54.9 Å². The van der Waals surface area contributed by atoms with Crippen molar-refractivity contribution in [3.8, 4) is 11.6 Å². The third-order valence-electron chi connectivity index (χ3n) is 2.40. The summed E-state index contributed by atoms with van der Waals surface area (Å²) >= 11 is 0. The van der Waals surface area contributed by atoms with Gasteiger partial charge in [-0.15, -0.1) is 0 Å². The van der Waals surface area contributed by atoms with Crippen molar-refractivity contribution in [3.63, 3.8) is 0 Å². The molecule has 3 nitrogen and oxygen atoms in total. The van der Waals surface area contributed by atoms with E-state index in [2.05, 4.69) is 9.97 Å². The summed E-state index contributed by atoms with van der Waals surface area (Å²) in [6, 6.07) is 13.5. The molecule has 78 valence electrons. The number of ether oxygens (including phenoxy) is 1. The molecular formula is C13H10N2O. The van der Waals surface area contributed by atoms with Gasteiger partial charge in [-0.1, -0.05) is 18.2 Å². The zero-order valence-corrected chi connectivity index (χ0v) is 8.55. The second-order valence-electron chi connectivity index (χ2n) is 3.47. The molecule has 0 aliphatic heterocycles. The van der Waals surface area contributed by atoms with E-state index >= 15 is 0 Å². The summed E-state index contributed by atoms with van der Waals surface area (Å²) in [6.45, 7) is 0. The summed E-state index contributed by atoms with van der Waals surface area (Å²) in [4.78, 5) is 7.28. The van der Waals surface area contributed by atoms with Gasteiger partial charge in [0.2, 0.25) is 5.88 Å². The molecule has 0 radical (unpaired) electrons. The van der Waals surface area contributed by atoms with Crippen LogP contribution in [0.2, 0.25) is 0 Å². The minimum absolute atomic E-state index is 0.601. The summed E-state index contributed by atoms with van der Waals surface area (Å²) in [5.74, 6) is 1.39. The molecule has 3 heteroatoms. The molecular weight excluding hydrogens is 200 g/mol. The van der Waals surface area contributed by atoms with Crippen LogP contribution in [0.5, 0.6) is 11.6 Å². The Morgan fingerprint density at radius 3 is 2.88 bits per heavy atom.